The quantitative estimate of drug-likeness (QED) is 0.478. The van der Waals surface area contributed by atoms with E-state index in [1.807, 2.05) is 46.7 Å². The molecule has 1 heterocycles. The number of carbonyl (C=O) groups is 1. The highest BCUT2D eigenvalue weighted by Gasteiger charge is 2.23. The van der Waals surface area contributed by atoms with Gasteiger partial charge in [0.05, 0.1) is 11.6 Å². The Balaban J connectivity index is 2.29. The van der Waals surface area contributed by atoms with Crippen molar-refractivity contribution in [2.24, 2.45) is 0 Å². The highest BCUT2D eigenvalue weighted by atomic mass is 35.5. The molecule has 3 N–H and O–H groups in total. The molecule has 0 saturated heterocycles. The van der Waals surface area contributed by atoms with E-state index in [1.165, 1.54) is 10.9 Å². The second-order valence-corrected chi connectivity index (χ2v) is 10.8. The van der Waals surface area contributed by atoms with Crippen molar-refractivity contribution in [2.45, 2.75) is 51.1 Å². The molecule has 1 aromatic heterocycles. The van der Waals surface area contributed by atoms with Crippen LogP contribution < -0.4 is 10.0 Å². The molecule has 1 atom stereocenters. The van der Waals surface area contributed by atoms with Gasteiger partial charge in [-0.25, -0.2) is 18.5 Å². The van der Waals surface area contributed by atoms with Crippen LogP contribution in [0.15, 0.2) is 23.4 Å². The van der Waals surface area contributed by atoms with Crippen molar-refractivity contribution in [3.8, 4) is 0 Å². The van der Waals surface area contributed by atoms with Crippen molar-refractivity contribution < 1.29 is 9.00 Å². The molecule has 0 saturated carbocycles. The summed E-state index contributed by atoms with van der Waals surface area (Å²) in [5.41, 5.74) is 2.31. The van der Waals surface area contributed by atoms with E-state index in [0.717, 1.165) is 11.1 Å². The third kappa shape index (κ3) is 6.58. The number of hydrogen-bond acceptors (Lipinski definition) is 5. The SMILES string of the molecule is CC(C)c1cc(Cl)cc(C(C)C)c1NC(=O)NS(=N)(=O)c1nn(CCN(C)C)cc1Cl. The maximum atomic E-state index is 13.0. The van der Waals surface area contributed by atoms with Crippen molar-refractivity contribution >= 4 is 44.8 Å². The summed E-state index contributed by atoms with van der Waals surface area (Å²) in [5.74, 6) is 0.183. The van der Waals surface area contributed by atoms with Gasteiger partial charge in [-0.3, -0.25) is 4.68 Å². The van der Waals surface area contributed by atoms with E-state index in [1.54, 1.807) is 12.1 Å². The summed E-state index contributed by atoms with van der Waals surface area (Å²) >= 11 is 12.4. The van der Waals surface area contributed by atoms with Crippen molar-refractivity contribution in [1.82, 2.24) is 19.4 Å². The van der Waals surface area contributed by atoms with Gasteiger partial charge in [0.1, 0.15) is 0 Å². The van der Waals surface area contributed by atoms with Gasteiger partial charge in [-0.2, -0.15) is 5.10 Å². The van der Waals surface area contributed by atoms with Gasteiger partial charge < -0.3 is 10.2 Å². The third-order valence-corrected chi connectivity index (χ3v) is 6.54. The molecule has 0 fully saturated rings. The molecule has 0 aliphatic rings. The van der Waals surface area contributed by atoms with Crippen LogP contribution in [0.4, 0.5) is 10.5 Å². The van der Waals surface area contributed by atoms with Crippen LogP contribution in [0.5, 0.6) is 0 Å². The number of likely N-dealkylation sites (N-methyl/N-ethyl adjacent to an activating group) is 1. The molecule has 8 nitrogen and oxygen atoms in total. The van der Waals surface area contributed by atoms with Gasteiger partial charge in [0.15, 0.2) is 14.9 Å². The molecule has 0 aliphatic heterocycles. The van der Waals surface area contributed by atoms with Gasteiger partial charge in [0, 0.05) is 23.5 Å². The predicted octanol–water partition coefficient (Wildman–Crippen LogP) is 5.14. The summed E-state index contributed by atoms with van der Waals surface area (Å²) in [7, 11) is 0.0637. The van der Waals surface area contributed by atoms with Crippen LogP contribution in [0, 0.1) is 4.78 Å². The summed E-state index contributed by atoms with van der Waals surface area (Å²) < 4.78 is 24.9. The Labute approximate surface area is 194 Å². The zero-order valence-corrected chi connectivity index (χ0v) is 21.0. The lowest BCUT2D eigenvalue weighted by atomic mass is 9.92. The lowest BCUT2D eigenvalue weighted by Crippen LogP contribution is -2.34. The lowest BCUT2D eigenvalue weighted by molar-refractivity contribution is 0.256. The highest BCUT2D eigenvalue weighted by Crippen LogP contribution is 2.35. The Morgan fingerprint density at radius 2 is 1.74 bits per heavy atom. The van der Waals surface area contributed by atoms with E-state index in [2.05, 4.69) is 15.1 Å². The standard InChI is InChI=1S/C20H30Cl2N6O2S/c1-12(2)15-9-14(21)10-16(13(3)4)18(15)24-20(29)26-31(23,30)19-17(22)11-28(25-19)8-7-27(5)6/h9-13H,7-8H2,1-6H3,(H3,23,24,26,29,30). The second kappa shape index (κ2) is 10.2. The first-order valence-electron chi connectivity index (χ1n) is 9.90. The average Bonchev–Trinajstić information content (AvgIpc) is 3.02. The number of anilines is 1. The van der Waals surface area contributed by atoms with Gasteiger partial charge >= 0.3 is 6.03 Å². The monoisotopic (exact) mass is 488 g/mol. The Morgan fingerprint density at radius 1 is 1.19 bits per heavy atom. The minimum atomic E-state index is -3.77. The topological polar surface area (TPSA) is 103 Å². The number of hydrogen-bond donors (Lipinski definition) is 3. The molecule has 0 aliphatic carbocycles. The van der Waals surface area contributed by atoms with E-state index in [-0.39, 0.29) is 21.9 Å². The number of halogens is 2. The number of rotatable bonds is 8. The molecule has 2 amide bonds. The minimum absolute atomic E-state index is 0.0660. The van der Waals surface area contributed by atoms with Crippen LogP contribution in [0.1, 0.15) is 50.7 Å². The molecule has 0 radical (unpaired) electrons. The third-order valence-electron chi connectivity index (χ3n) is 4.62. The first-order chi connectivity index (χ1) is 14.3. The molecular formula is C20H30Cl2N6O2S. The van der Waals surface area contributed by atoms with Crippen LogP contribution in [-0.2, 0) is 16.5 Å². The molecule has 1 aromatic carbocycles. The minimum Gasteiger partial charge on any atom is -0.308 e. The molecule has 172 valence electrons. The number of urea groups is 1. The first-order valence-corrected chi connectivity index (χ1v) is 12.2. The van der Waals surface area contributed by atoms with Gasteiger partial charge in [0.2, 0.25) is 0 Å². The largest absolute Gasteiger partial charge is 0.332 e. The molecule has 2 rings (SSSR count). The predicted molar refractivity (Wildman–Crippen MR) is 127 cm³/mol. The van der Waals surface area contributed by atoms with E-state index in [0.29, 0.717) is 23.8 Å². The number of aromatic nitrogens is 2. The zero-order valence-electron chi connectivity index (χ0n) is 18.6. The van der Waals surface area contributed by atoms with Crippen molar-refractivity contribution in [1.29, 1.82) is 4.78 Å². The Bertz CT molecular complexity index is 1020. The van der Waals surface area contributed by atoms with E-state index in [9.17, 15) is 9.00 Å². The van der Waals surface area contributed by atoms with E-state index in [4.69, 9.17) is 28.0 Å². The van der Waals surface area contributed by atoms with Crippen LogP contribution >= 0.6 is 23.2 Å². The number of nitrogens with zero attached hydrogens (tertiary/aromatic N) is 3. The fourth-order valence-electron chi connectivity index (χ4n) is 3.01. The van der Waals surface area contributed by atoms with Gasteiger partial charge in [-0.15, -0.1) is 0 Å². The van der Waals surface area contributed by atoms with Crippen molar-refractivity contribution in [3.05, 3.63) is 39.5 Å². The first kappa shape index (κ1) is 25.5. The molecule has 2 aromatic rings. The summed E-state index contributed by atoms with van der Waals surface area (Å²) in [4.78, 5) is 14.7. The average molecular weight is 489 g/mol. The molecule has 11 heteroatoms. The number of nitrogens with one attached hydrogen (secondary N) is 3. The fourth-order valence-corrected chi connectivity index (χ4v) is 4.68. The van der Waals surface area contributed by atoms with Crippen LogP contribution in [0.2, 0.25) is 10.0 Å². The Hall–Kier alpha value is -1.81. The zero-order chi connectivity index (χ0) is 23.5. The van der Waals surface area contributed by atoms with Crippen LogP contribution in [0.25, 0.3) is 0 Å². The summed E-state index contributed by atoms with van der Waals surface area (Å²) in [6, 6.07) is 2.83. The highest BCUT2D eigenvalue weighted by molar-refractivity contribution is 7.91. The van der Waals surface area contributed by atoms with Crippen LogP contribution in [0.3, 0.4) is 0 Å². The van der Waals surface area contributed by atoms with Crippen molar-refractivity contribution in [2.75, 3.05) is 26.0 Å². The lowest BCUT2D eigenvalue weighted by Gasteiger charge is -2.21. The van der Waals surface area contributed by atoms with Crippen LogP contribution in [-0.4, -0.2) is 45.6 Å². The van der Waals surface area contributed by atoms with Gasteiger partial charge in [0.25, 0.3) is 0 Å². The maximum absolute atomic E-state index is 13.0. The van der Waals surface area contributed by atoms with Crippen molar-refractivity contribution in [3.63, 3.8) is 0 Å². The molecule has 1 unspecified atom stereocenters. The Kier molecular flexibility index (Phi) is 8.38. The second-order valence-electron chi connectivity index (χ2n) is 8.23. The summed E-state index contributed by atoms with van der Waals surface area (Å²) in [5, 5.41) is 7.39. The summed E-state index contributed by atoms with van der Waals surface area (Å²) in [6.07, 6.45) is 1.50. The number of carbonyl (C=O) groups excluding carboxylic acids is 1. The molecule has 31 heavy (non-hydrogen) atoms. The fraction of sp³-hybridized carbons (Fsp3) is 0.500. The molecule has 0 spiro atoms. The molecular weight excluding hydrogens is 459 g/mol. The van der Waals surface area contributed by atoms with E-state index >= 15 is 0 Å². The van der Waals surface area contributed by atoms with Gasteiger partial charge in [-0.1, -0.05) is 50.9 Å². The number of amides is 2. The van der Waals surface area contributed by atoms with E-state index < -0.39 is 15.9 Å². The normalized spacial score (nSPS) is 13.6. The van der Waals surface area contributed by atoms with Gasteiger partial charge in [-0.05, 0) is 49.2 Å². The smallest absolute Gasteiger partial charge is 0.308 e. The maximum Gasteiger partial charge on any atom is 0.332 e. The Morgan fingerprint density at radius 3 is 2.23 bits per heavy atom. The molecule has 0 bridgehead atoms. The summed E-state index contributed by atoms with van der Waals surface area (Å²) in [6.45, 7) is 9.17. The number of benzene rings is 1.